The Morgan fingerprint density at radius 1 is 1.03 bits per heavy atom. The summed E-state index contributed by atoms with van der Waals surface area (Å²) in [5, 5.41) is 4.11. The summed E-state index contributed by atoms with van der Waals surface area (Å²) in [7, 11) is -3.36. The van der Waals surface area contributed by atoms with Crippen molar-refractivity contribution in [2.24, 2.45) is 0 Å². The van der Waals surface area contributed by atoms with Crippen LogP contribution < -0.4 is 10.0 Å². The summed E-state index contributed by atoms with van der Waals surface area (Å²) in [4.78, 5) is 16.6. The molecule has 152 valence electrons. The summed E-state index contributed by atoms with van der Waals surface area (Å²) in [6.07, 6.45) is 0. The van der Waals surface area contributed by atoms with Crippen molar-refractivity contribution in [1.82, 2.24) is 15.0 Å². The van der Waals surface area contributed by atoms with Crippen LogP contribution in [0.25, 0.3) is 10.9 Å². The van der Waals surface area contributed by atoms with E-state index in [1.807, 2.05) is 18.2 Å². The molecule has 0 aliphatic heterocycles. The van der Waals surface area contributed by atoms with Gasteiger partial charge in [0.05, 0.1) is 11.3 Å². The molecule has 8 heteroatoms. The first-order valence-corrected chi connectivity index (χ1v) is 11.2. The zero-order valence-electron chi connectivity index (χ0n) is 16.1. The summed E-state index contributed by atoms with van der Waals surface area (Å²) in [6.45, 7) is 3.90. The van der Waals surface area contributed by atoms with Gasteiger partial charge in [0.15, 0.2) is 0 Å². The van der Waals surface area contributed by atoms with E-state index in [1.54, 1.807) is 50.2 Å². The lowest BCUT2D eigenvalue weighted by Crippen LogP contribution is -2.31. The van der Waals surface area contributed by atoms with Crippen molar-refractivity contribution in [3.63, 3.8) is 0 Å². The first-order valence-electron chi connectivity index (χ1n) is 9.14. The highest BCUT2D eigenvalue weighted by molar-refractivity contribution is 7.88. The van der Waals surface area contributed by atoms with E-state index in [2.05, 4.69) is 15.0 Å². The lowest BCUT2D eigenvalue weighted by atomic mass is 10.1. The molecule has 1 aromatic heterocycles. The van der Waals surface area contributed by atoms with E-state index in [0.29, 0.717) is 22.8 Å². The molecule has 0 spiro atoms. The fourth-order valence-electron chi connectivity index (χ4n) is 2.90. The van der Waals surface area contributed by atoms with E-state index in [4.69, 9.17) is 11.6 Å². The average Bonchev–Trinajstić information content (AvgIpc) is 2.65. The molecular formula is C21H22ClN3O3S. The van der Waals surface area contributed by atoms with E-state index in [9.17, 15) is 13.2 Å². The summed E-state index contributed by atoms with van der Waals surface area (Å²) in [5.74, 6) is -0.276. The molecule has 0 saturated heterocycles. The van der Waals surface area contributed by atoms with Gasteiger partial charge in [-0.1, -0.05) is 35.9 Å². The summed E-state index contributed by atoms with van der Waals surface area (Å²) in [6, 6.07) is 15.7. The molecule has 29 heavy (non-hydrogen) atoms. The van der Waals surface area contributed by atoms with Crippen molar-refractivity contribution in [3.8, 4) is 0 Å². The molecule has 0 unspecified atom stereocenters. The molecular weight excluding hydrogens is 410 g/mol. The van der Waals surface area contributed by atoms with Crippen molar-refractivity contribution < 1.29 is 13.2 Å². The smallest absolute Gasteiger partial charge is 0.251 e. The maximum absolute atomic E-state index is 12.4. The second kappa shape index (κ2) is 8.90. The number of carbonyl (C=O) groups is 1. The van der Waals surface area contributed by atoms with Crippen LogP contribution in [0, 0.1) is 0 Å². The highest BCUT2D eigenvalue weighted by atomic mass is 35.5. The zero-order valence-corrected chi connectivity index (χ0v) is 17.7. The third-order valence-electron chi connectivity index (χ3n) is 4.17. The second-order valence-corrected chi connectivity index (χ2v) is 9.21. The fourth-order valence-corrected chi connectivity index (χ4v) is 4.49. The third-order valence-corrected chi connectivity index (χ3v) is 5.92. The zero-order chi connectivity index (χ0) is 21.0. The van der Waals surface area contributed by atoms with Gasteiger partial charge in [-0.2, -0.15) is 0 Å². The van der Waals surface area contributed by atoms with Gasteiger partial charge in [0.25, 0.3) is 5.91 Å². The molecule has 0 radical (unpaired) electrons. The van der Waals surface area contributed by atoms with Gasteiger partial charge in [0.2, 0.25) is 10.0 Å². The van der Waals surface area contributed by atoms with Crippen LogP contribution in [0.15, 0.2) is 54.6 Å². The Morgan fingerprint density at radius 3 is 2.41 bits per heavy atom. The molecule has 0 saturated carbocycles. The van der Waals surface area contributed by atoms with Gasteiger partial charge in [0, 0.05) is 23.5 Å². The van der Waals surface area contributed by atoms with Crippen LogP contribution >= 0.6 is 11.6 Å². The Balaban J connectivity index is 1.61. The van der Waals surface area contributed by atoms with E-state index in [-0.39, 0.29) is 17.7 Å². The summed E-state index contributed by atoms with van der Waals surface area (Å²) >= 11 is 5.88. The minimum absolute atomic E-state index is 0.0764. The van der Waals surface area contributed by atoms with Crippen LogP contribution in [0.4, 0.5) is 0 Å². The van der Waals surface area contributed by atoms with E-state index in [0.717, 1.165) is 16.5 Å². The predicted molar refractivity (Wildman–Crippen MR) is 115 cm³/mol. The van der Waals surface area contributed by atoms with Crippen molar-refractivity contribution in [2.45, 2.75) is 32.2 Å². The molecule has 6 nitrogen and oxygen atoms in total. The number of fused-ring (bicyclic) bond motifs is 1. The maximum atomic E-state index is 12.4. The molecule has 0 aliphatic carbocycles. The molecule has 2 aromatic carbocycles. The van der Waals surface area contributed by atoms with Crippen LogP contribution in [-0.2, 0) is 22.3 Å². The number of nitrogens with zero attached hydrogens (tertiary/aromatic N) is 1. The molecule has 1 amide bonds. The number of halogens is 1. The van der Waals surface area contributed by atoms with Crippen LogP contribution in [0.5, 0.6) is 0 Å². The highest BCUT2D eigenvalue weighted by Crippen LogP contribution is 2.17. The number of amides is 1. The molecule has 1 heterocycles. The van der Waals surface area contributed by atoms with E-state index in [1.165, 1.54) is 0 Å². The van der Waals surface area contributed by atoms with Crippen molar-refractivity contribution in [2.75, 3.05) is 0 Å². The molecule has 2 N–H and O–H groups in total. The van der Waals surface area contributed by atoms with Gasteiger partial charge in [-0.25, -0.2) is 18.1 Å². The number of hydrogen-bond acceptors (Lipinski definition) is 4. The molecule has 0 atom stereocenters. The third kappa shape index (κ3) is 6.00. The van der Waals surface area contributed by atoms with Gasteiger partial charge >= 0.3 is 0 Å². The van der Waals surface area contributed by atoms with Crippen LogP contribution in [0.2, 0.25) is 5.15 Å². The number of rotatable bonds is 7. The Labute approximate surface area is 175 Å². The first-order chi connectivity index (χ1) is 13.7. The number of carbonyl (C=O) groups excluding carboxylic acids is 1. The number of pyridine rings is 1. The normalized spacial score (nSPS) is 11.7. The quantitative estimate of drug-likeness (QED) is 0.559. The van der Waals surface area contributed by atoms with Crippen molar-refractivity contribution >= 4 is 38.4 Å². The van der Waals surface area contributed by atoms with Gasteiger partial charge in [0.1, 0.15) is 5.15 Å². The predicted octanol–water partition coefficient (Wildman–Crippen LogP) is 3.65. The van der Waals surface area contributed by atoms with Gasteiger partial charge < -0.3 is 5.32 Å². The van der Waals surface area contributed by atoms with Gasteiger partial charge in [-0.15, -0.1) is 0 Å². The van der Waals surface area contributed by atoms with Crippen LogP contribution in [0.3, 0.4) is 0 Å². The molecule has 0 bridgehead atoms. The standard InChI is InChI=1S/C21H22ClN3O3S/c1-14(2)25-29(27,28)13-16-5-3-15(4-6-16)12-23-21(26)18-7-9-19-17(11-18)8-10-20(22)24-19/h3-11,14,25H,12-13H2,1-2H3,(H,23,26). The lowest BCUT2D eigenvalue weighted by molar-refractivity contribution is 0.0951. The Hall–Kier alpha value is -2.48. The minimum atomic E-state index is -3.36. The topological polar surface area (TPSA) is 88.2 Å². The Kier molecular flexibility index (Phi) is 6.52. The molecule has 3 rings (SSSR count). The molecule has 3 aromatic rings. The monoisotopic (exact) mass is 431 g/mol. The van der Waals surface area contributed by atoms with E-state index >= 15 is 0 Å². The maximum Gasteiger partial charge on any atom is 0.251 e. The van der Waals surface area contributed by atoms with Gasteiger partial charge in [-0.3, -0.25) is 4.79 Å². The Morgan fingerprint density at radius 2 is 1.72 bits per heavy atom. The average molecular weight is 432 g/mol. The lowest BCUT2D eigenvalue weighted by Gasteiger charge is -2.10. The van der Waals surface area contributed by atoms with Gasteiger partial charge in [-0.05, 0) is 55.3 Å². The number of aromatic nitrogens is 1. The highest BCUT2D eigenvalue weighted by Gasteiger charge is 2.13. The Bertz CT molecular complexity index is 1130. The SMILES string of the molecule is CC(C)NS(=O)(=O)Cc1ccc(CNC(=O)c2ccc3nc(Cl)ccc3c2)cc1. The summed E-state index contributed by atoms with van der Waals surface area (Å²) in [5.41, 5.74) is 2.83. The van der Waals surface area contributed by atoms with Crippen molar-refractivity contribution in [1.29, 1.82) is 0 Å². The number of sulfonamides is 1. The minimum Gasteiger partial charge on any atom is -0.348 e. The van der Waals surface area contributed by atoms with Crippen LogP contribution in [0.1, 0.15) is 35.3 Å². The number of nitrogens with one attached hydrogen (secondary N) is 2. The largest absolute Gasteiger partial charge is 0.348 e. The number of benzene rings is 2. The van der Waals surface area contributed by atoms with E-state index < -0.39 is 10.0 Å². The van der Waals surface area contributed by atoms with Crippen molar-refractivity contribution in [3.05, 3.63) is 76.4 Å². The number of hydrogen-bond donors (Lipinski definition) is 2. The van der Waals surface area contributed by atoms with Crippen LogP contribution in [-0.4, -0.2) is 25.4 Å². The fraction of sp³-hybridized carbons (Fsp3) is 0.238. The second-order valence-electron chi connectivity index (χ2n) is 7.07. The first kappa shape index (κ1) is 21.2. The summed E-state index contributed by atoms with van der Waals surface area (Å²) < 4.78 is 26.6. The molecule has 0 fully saturated rings. The molecule has 0 aliphatic rings.